The number of unbranched alkanes of at least 4 members (excludes halogenated alkanes) is 4. The van der Waals surface area contributed by atoms with Gasteiger partial charge in [0, 0.05) is 5.56 Å². The van der Waals surface area contributed by atoms with Crippen molar-refractivity contribution in [1.82, 2.24) is 0 Å². The molecule has 0 aliphatic heterocycles. The second kappa shape index (κ2) is 8.70. The van der Waals surface area contributed by atoms with Gasteiger partial charge in [-0.1, -0.05) is 37.5 Å². The van der Waals surface area contributed by atoms with Crippen LogP contribution < -0.4 is 0 Å². The van der Waals surface area contributed by atoms with E-state index in [1.807, 2.05) is 12.1 Å². The largest absolute Gasteiger partial charge is 0.464 e. The maximum atomic E-state index is 12.0. The van der Waals surface area contributed by atoms with E-state index in [-0.39, 0.29) is 0 Å². The monoisotopic (exact) mass is 362 g/mol. The number of hydrogen-bond donors (Lipinski definition) is 0. The van der Waals surface area contributed by atoms with Crippen LogP contribution in [0.25, 0.3) is 11.3 Å². The van der Waals surface area contributed by atoms with Crippen molar-refractivity contribution in [3.05, 3.63) is 48.2 Å². The standard InChI is InChI=1S/C21H30O3S/c1-21(2,3)25(22,23)16-8-6-4-5-7-11-18-12-9-13-19(17-18)20-14-10-15-24-20/h9-10,12-15,17H,4-8,11,16H2,1-3H3. The summed E-state index contributed by atoms with van der Waals surface area (Å²) in [7, 11) is -2.97. The Morgan fingerprint density at radius 3 is 2.32 bits per heavy atom. The van der Waals surface area contributed by atoms with E-state index in [9.17, 15) is 8.42 Å². The molecule has 0 saturated carbocycles. The summed E-state index contributed by atoms with van der Waals surface area (Å²) >= 11 is 0. The molecule has 0 aliphatic carbocycles. The van der Waals surface area contributed by atoms with Gasteiger partial charge < -0.3 is 4.42 Å². The van der Waals surface area contributed by atoms with E-state index in [2.05, 4.69) is 24.3 Å². The Morgan fingerprint density at radius 2 is 1.64 bits per heavy atom. The molecule has 0 N–H and O–H groups in total. The first kappa shape index (κ1) is 19.8. The number of furan rings is 1. The lowest BCUT2D eigenvalue weighted by Crippen LogP contribution is -2.30. The highest BCUT2D eigenvalue weighted by atomic mass is 32.2. The topological polar surface area (TPSA) is 47.3 Å². The second-order valence-electron chi connectivity index (χ2n) is 7.63. The highest BCUT2D eigenvalue weighted by Gasteiger charge is 2.27. The first-order valence-corrected chi connectivity index (χ1v) is 10.8. The lowest BCUT2D eigenvalue weighted by molar-refractivity contribution is 0.552. The average Bonchev–Trinajstić information content (AvgIpc) is 3.07. The predicted octanol–water partition coefficient (Wildman–Crippen LogP) is 5.65. The maximum absolute atomic E-state index is 12.0. The van der Waals surface area contributed by atoms with Crippen LogP contribution in [0.3, 0.4) is 0 Å². The molecule has 0 saturated heterocycles. The zero-order chi connectivity index (χ0) is 18.3. The Labute approximate surface area is 152 Å². The normalized spacial score (nSPS) is 12.4. The van der Waals surface area contributed by atoms with Crippen molar-refractivity contribution >= 4 is 9.84 Å². The van der Waals surface area contributed by atoms with E-state index in [0.717, 1.165) is 49.8 Å². The molecule has 3 nitrogen and oxygen atoms in total. The quantitative estimate of drug-likeness (QED) is 0.541. The molecule has 1 heterocycles. The fraction of sp³-hybridized carbons (Fsp3) is 0.524. The highest BCUT2D eigenvalue weighted by Crippen LogP contribution is 2.22. The van der Waals surface area contributed by atoms with Crippen LogP contribution in [0.1, 0.15) is 58.4 Å². The van der Waals surface area contributed by atoms with Gasteiger partial charge >= 0.3 is 0 Å². The summed E-state index contributed by atoms with van der Waals surface area (Å²) in [5.74, 6) is 1.21. The molecular formula is C21H30O3S. The Kier molecular flexibility index (Phi) is 6.88. The summed E-state index contributed by atoms with van der Waals surface area (Å²) in [4.78, 5) is 0. The van der Waals surface area contributed by atoms with Crippen molar-refractivity contribution in [3.8, 4) is 11.3 Å². The van der Waals surface area contributed by atoms with Crippen LogP contribution in [0.15, 0.2) is 47.1 Å². The zero-order valence-electron chi connectivity index (χ0n) is 15.6. The molecule has 0 amide bonds. The van der Waals surface area contributed by atoms with E-state index in [4.69, 9.17) is 4.42 Å². The summed E-state index contributed by atoms with van der Waals surface area (Å²) in [6.07, 6.45) is 7.87. The summed E-state index contributed by atoms with van der Waals surface area (Å²) < 4.78 is 28.9. The SMILES string of the molecule is CC(C)(C)S(=O)(=O)CCCCCCCc1cccc(-c2ccco2)c1. The van der Waals surface area contributed by atoms with E-state index >= 15 is 0 Å². The second-order valence-corrected chi connectivity index (χ2v) is 10.5. The first-order valence-electron chi connectivity index (χ1n) is 9.15. The predicted molar refractivity (Wildman–Crippen MR) is 104 cm³/mol. The van der Waals surface area contributed by atoms with Crippen LogP contribution in [-0.4, -0.2) is 18.9 Å². The Morgan fingerprint density at radius 1 is 0.920 bits per heavy atom. The van der Waals surface area contributed by atoms with Gasteiger partial charge in [-0.05, 0) is 63.8 Å². The minimum Gasteiger partial charge on any atom is -0.464 e. The third kappa shape index (κ3) is 6.03. The lowest BCUT2D eigenvalue weighted by atomic mass is 10.0. The number of rotatable bonds is 9. The van der Waals surface area contributed by atoms with E-state index < -0.39 is 14.6 Å². The van der Waals surface area contributed by atoms with E-state index in [1.165, 1.54) is 5.56 Å². The fourth-order valence-electron chi connectivity index (χ4n) is 2.78. The number of benzene rings is 1. The van der Waals surface area contributed by atoms with Crippen LogP contribution in [0.5, 0.6) is 0 Å². The Hall–Kier alpha value is -1.55. The molecule has 4 heteroatoms. The molecule has 0 atom stereocenters. The maximum Gasteiger partial charge on any atom is 0.155 e. The van der Waals surface area contributed by atoms with Crippen LogP contribution in [-0.2, 0) is 16.3 Å². The van der Waals surface area contributed by atoms with Gasteiger partial charge in [0.15, 0.2) is 9.84 Å². The van der Waals surface area contributed by atoms with Crippen molar-refractivity contribution in [1.29, 1.82) is 0 Å². The van der Waals surface area contributed by atoms with Gasteiger partial charge in [0.25, 0.3) is 0 Å². The number of aryl methyl sites for hydroxylation is 1. The minimum atomic E-state index is -2.97. The molecule has 0 unspecified atom stereocenters. The average molecular weight is 363 g/mol. The summed E-state index contributed by atoms with van der Waals surface area (Å²) in [5.41, 5.74) is 2.44. The summed E-state index contributed by atoms with van der Waals surface area (Å²) in [6, 6.07) is 12.4. The number of hydrogen-bond acceptors (Lipinski definition) is 3. The molecule has 2 aromatic rings. The first-order chi connectivity index (χ1) is 11.8. The third-order valence-corrected chi connectivity index (χ3v) is 7.24. The van der Waals surface area contributed by atoms with Crippen LogP contribution >= 0.6 is 0 Å². The zero-order valence-corrected chi connectivity index (χ0v) is 16.4. The van der Waals surface area contributed by atoms with Gasteiger partial charge in [-0.25, -0.2) is 8.42 Å². The van der Waals surface area contributed by atoms with Crippen molar-refractivity contribution < 1.29 is 12.8 Å². The molecule has 1 aromatic carbocycles. The van der Waals surface area contributed by atoms with Crippen molar-refractivity contribution in [2.24, 2.45) is 0 Å². The van der Waals surface area contributed by atoms with Gasteiger partial charge in [0.05, 0.1) is 16.8 Å². The lowest BCUT2D eigenvalue weighted by Gasteiger charge is -2.18. The summed E-state index contributed by atoms with van der Waals surface area (Å²) in [6.45, 7) is 5.33. The van der Waals surface area contributed by atoms with Crippen molar-refractivity contribution in [2.75, 3.05) is 5.75 Å². The molecule has 0 spiro atoms. The van der Waals surface area contributed by atoms with Crippen LogP contribution in [0, 0.1) is 0 Å². The van der Waals surface area contributed by atoms with Gasteiger partial charge in [0.1, 0.15) is 5.76 Å². The minimum absolute atomic E-state index is 0.307. The Balaban J connectivity index is 1.66. The molecule has 0 fully saturated rings. The van der Waals surface area contributed by atoms with Gasteiger partial charge in [-0.2, -0.15) is 0 Å². The molecule has 0 radical (unpaired) electrons. The highest BCUT2D eigenvalue weighted by molar-refractivity contribution is 7.92. The van der Waals surface area contributed by atoms with Crippen LogP contribution in [0.2, 0.25) is 0 Å². The molecule has 0 aliphatic rings. The van der Waals surface area contributed by atoms with Gasteiger partial charge in [-0.15, -0.1) is 0 Å². The fourth-order valence-corrected chi connectivity index (χ4v) is 3.98. The number of sulfone groups is 1. The molecule has 138 valence electrons. The van der Waals surface area contributed by atoms with Crippen molar-refractivity contribution in [2.45, 2.75) is 64.0 Å². The van der Waals surface area contributed by atoms with Crippen LogP contribution in [0.4, 0.5) is 0 Å². The summed E-state index contributed by atoms with van der Waals surface area (Å²) in [5, 5.41) is 0. The van der Waals surface area contributed by atoms with E-state index in [0.29, 0.717) is 5.75 Å². The van der Waals surface area contributed by atoms with Gasteiger partial charge in [-0.3, -0.25) is 0 Å². The molecule has 25 heavy (non-hydrogen) atoms. The van der Waals surface area contributed by atoms with E-state index in [1.54, 1.807) is 27.0 Å². The van der Waals surface area contributed by atoms with Crippen molar-refractivity contribution in [3.63, 3.8) is 0 Å². The molecule has 0 bridgehead atoms. The Bertz CT molecular complexity index is 738. The smallest absolute Gasteiger partial charge is 0.155 e. The molecular weight excluding hydrogens is 332 g/mol. The molecule has 2 rings (SSSR count). The molecule has 1 aromatic heterocycles. The van der Waals surface area contributed by atoms with Gasteiger partial charge in [0.2, 0.25) is 0 Å². The third-order valence-electron chi connectivity index (χ3n) is 4.54.